The molecule has 1 aliphatic heterocycles. The maximum absolute atomic E-state index is 5.49. The highest BCUT2D eigenvalue weighted by molar-refractivity contribution is 5.08. The van der Waals surface area contributed by atoms with Crippen molar-refractivity contribution in [2.75, 3.05) is 32.8 Å². The lowest BCUT2D eigenvalue weighted by Crippen LogP contribution is -2.56. The predicted molar refractivity (Wildman–Crippen MR) is 80.7 cm³/mol. The molecule has 5 heteroatoms. The van der Waals surface area contributed by atoms with E-state index in [1.807, 2.05) is 12.4 Å². The normalized spacial score (nSPS) is 19.2. The fourth-order valence-corrected chi connectivity index (χ4v) is 2.92. The molecular weight excluding hydrogens is 252 g/mol. The van der Waals surface area contributed by atoms with E-state index in [0.717, 1.165) is 45.1 Å². The molecule has 1 aliphatic rings. The van der Waals surface area contributed by atoms with Crippen LogP contribution in [0.4, 0.5) is 0 Å². The van der Waals surface area contributed by atoms with E-state index in [4.69, 9.17) is 4.74 Å². The maximum atomic E-state index is 5.49. The Balaban J connectivity index is 2.22. The van der Waals surface area contributed by atoms with Crippen LogP contribution in [0.2, 0.25) is 0 Å². The Labute approximate surface area is 122 Å². The Morgan fingerprint density at radius 1 is 1.40 bits per heavy atom. The van der Waals surface area contributed by atoms with Gasteiger partial charge in [0.05, 0.1) is 19.3 Å². The zero-order valence-corrected chi connectivity index (χ0v) is 13.2. The summed E-state index contributed by atoms with van der Waals surface area (Å²) >= 11 is 0. The van der Waals surface area contributed by atoms with Crippen molar-refractivity contribution in [1.82, 2.24) is 19.8 Å². The highest BCUT2D eigenvalue weighted by atomic mass is 16.5. The lowest BCUT2D eigenvalue weighted by molar-refractivity contribution is -0.0252. The fourth-order valence-electron chi connectivity index (χ4n) is 2.92. The van der Waals surface area contributed by atoms with Gasteiger partial charge in [-0.3, -0.25) is 4.90 Å². The van der Waals surface area contributed by atoms with Crippen LogP contribution in [0.25, 0.3) is 0 Å². The van der Waals surface area contributed by atoms with Crippen molar-refractivity contribution >= 4 is 0 Å². The number of hydrogen-bond acceptors (Lipinski definition) is 4. The third-order valence-electron chi connectivity index (χ3n) is 4.25. The lowest BCUT2D eigenvalue weighted by Gasteiger charge is -2.45. The van der Waals surface area contributed by atoms with Crippen molar-refractivity contribution in [2.45, 2.75) is 38.8 Å². The highest BCUT2D eigenvalue weighted by Gasteiger charge is 2.38. The summed E-state index contributed by atoms with van der Waals surface area (Å²) in [4.78, 5) is 7.09. The van der Waals surface area contributed by atoms with E-state index in [2.05, 4.69) is 47.6 Å². The molecule has 20 heavy (non-hydrogen) atoms. The topological polar surface area (TPSA) is 42.3 Å². The summed E-state index contributed by atoms with van der Waals surface area (Å²) in [5.41, 5.74) is 0.0120. The van der Waals surface area contributed by atoms with Gasteiger partial charge in [0.25, 0.3) is 0 Å². The molecule has 5 nitrogen and oxygen atoms in total. The summed E-state index contributed by atoms with van der Waals surface area (Å²) in [6.45, 7) is 11.4. The Morgan fingerprint density at radius 2 is 2.10 bits per heavy atom. The van der Waals surface area contributed by atoms with Crippen molar-refractivity contribution in [3.63, 3.8) is 0 Å². The van der Waals surface area contributed by atoms with E-state index in [0.29, 0.717) is 0 Å². The Bertz CT molecular complexity index is 410. The summed E-state index contributed by atoms with van der Waals surface area (Å²) in [7, 11) is 2.07. The molecule has 0 saturated carbocycles. The van der Waals surface area contributed by atoms with E-state index in [9.17, 15) is 0 Å². The molecule has 1 fully saturated rings. The van der Waals surface area contributed by atoms with Gasteiger partial charge in [-0.25, -0.2) is 4.98 Å². The molecule has 0 spiro atoms. The minimum atomic E-state index is 0.0120. The molecule has 0 bridgehead atoms. The van der Waals surface area contributed by atoms with E-state index in [-0.39, 0.29) is 11.6 Å². The number of morpholine rings is 1. The average Bonchev–Trinajstić information content (AvgIpc) is 2.86. The SMILES string of the molecule is CCCNC(c1nccn1C)C(C)(C)N1CCOCC1. The molecule has 1 atom stereocenters. The van der Waals surface area contributed by atoms with Crippen LogP contribution in [0.5, 0.6) is 0 Å². The van der Waals surface area contributed by atoms with Crippen LogP contribution >= 0.6 is 0 Å². The van der Waals surface area contributed by atoms with Crippen molar-refractivity contribution in [3.8, 4) is 0 Å². The van der Waals surface area contributed by atoms with E-state index in [1.165, 1.54) is 0 Å². The first-order valence-electron chi connectivity index (χ1n) is 7.60. The predicted octanol–water partition coefficient (Wildman–Crippen LogP) is 1.57. The number of hydrogen-bond donors (Lipinski definition) is 1. The van der Waals surface area contributed by atoms with Gasteiger partial charge in [-0.15, -0.1) is 0 Å². The zero-order chi connectivity index (χ0) is 14.6. The van der Waals surface area contributed by atoms with Gasteiger partial charge in [-0.05, 0) is 26.8 Å². The van der Waals surface area contributed by atoms with Gasteiger partial charge in [0, 0.05) is 38.1 Å². The number of aromatic nitrogens is 2. The van der Waals surface area contributed by atoms with Gasteiger partial charge >= 0.3 is 0 Å². The fraction of sp³-hybridized carbons (Fsp3) is 0.800. The Hall–Kier alpha value is -0.910. The van der Waals surface area contributed by atoms with Crippen LogP contribution in [-0.2, 0) is 11.8 Å². The number of imidazole rings is 1. The van der Waals surface area contributed by atoms with Gasteiger partial charge in [-0.2, -0.15) is 0 Å². The van der Waals surface area contributed by atoms with Crippen molar-refractivity contribution in [2.24, 2.45) is 7.05 Å². The van der Waals surface area contributed by atoms with E-state index < -0.39 is 0 Å². The number of ether oxygens (including phenoxy) is 1. The average molecular weight is 280 g/mol. The lowest BCUT2D eigenvalue weighted by atomic mass is 9.90. The van der Waals surface area contributed by atoms with Crippen LogP contribution in [0, 0.1) is 0 Å². The number of nitrogens with one attached hydrogen (secondary N) is 1. The third-order valence-corrected chi connectivity index (χ3v) is 4.25. The van der Waals surface area contributed by atoms with Gasteiger partial charge in [0.15, 0.2) is 0 Å². The van der Waals surface area contributed by atoms with Gasteiger partial charge in [-0.1, -0.05) is 6.92 Å². The minimum absolute atomic E-state index is 0.0120. The molecule has 1 aromatic heterocycles. The molecule has 114 valence electrons. The van der Waals surface area contributed by atoms with Crippen LogP contribution in [0.15, 0.2) is 12.4 Å². The molecule has 1 saturated heterocycles. The monoisotopic (exact) mass is 280 g/mol. The van der Waals surface area contributed by atoms with Gasteiger partial charge in [0.1, 0.15) is 5.82 Å². The zero-order valence-electron chi connectivity index (χ0n) is 13.2. The third kappa shape index (κ3) is 3.22. The number of nitrogens with zero attached hydrogens (tertiary/aromatic N) is 3. The maximum Gasteiger partial charge on any atom is 0.127 e. The second-order valence-corrected chi connectivity index (χ2v) is 6.04. The van der Waals surface area contributed by atoms with Crippen molar-refractivity contribution < 1.29 is 4.74 Å². The molecule has 0 aromatic carbocycles. The molecule has 1 unspecified atom stereocenters. The molecule has 0 radical (unpaired) electrons. The largest absolute Gasteiger partial charge is 0.379 e. The quantitative estimate of drug-likeness (QED) is 0.859. The summed E-state index contributed by atoms with van der Waals surface area (Å²) < 4.78 is 7.61. The molecule has 2 rings (SSSR count). The van der Waals surface area contributed by atoms with Gasteiger partial charge in [0.2, 0.25) is 0 Å². The van der Waals surface area contributed by atoms with Crippen LogP contribution in [0.3, 0.4) is 0 Å². The molecule has 1 aromatic rings. The summed E-state index contributed by atoms with van der Waals surface area (Å²) in [5, 5.41) is 3.68. The smallest absolute Gasteiger partial charge is 0.127 e. The summed E-state index contributed by atoms with van der Waals surface area (Å²) in [6.07, 6.45) is 5.02. The molecule has 1 N–H and O–H groups in total. The molecule has 0 amide bonds. The van der Waals surface area contributed by atoms with E-state index in [1.54, 1.807) is 0 Å². The first kappa shape index (κ1) is 15.5. The number of rotatable bonds is 6. The Morgan fingerprint density at radius 3 is 2.65 bits per heavy atom. The van der Waals surface area contributed by atoms with Crippen molar-refractivity contribution in [1.29, 1.82) is 0 Å². The highest BCUT2D eigenvalue weighted by Crippen LogP contribution is 2.30. The van der Waals surface area contributed by atoms with Crippen LogP contribution in [0.1, 0.15) is 39.1 Å². The minimum Gasteiger partial charge on any atom is -0.379 e. The van der Waals surface area contributed by atoms with Gasteiger partial charge < -0.3 is 14.6 Å². The standard InChI is InChI=1S/C15H28N4O/c1-5-6-16-13(14-17-7-8-18(14)4)15(2,3)19-9-11-20-12-10-19/h7-8,13,16H,5-6,9-12H2,1-4H3. The Kier molecular flexibility index (Phi) is 5.18. The summed E-state index contributed by atoms with van der Waals surface area (Å²) in [6, 6.07) is 0.223. The molecular formula is C15H28N4O. The second-order valence-electron chi connectivity index (χ2n) is 6.04. The molecule has 2 heterocycles. The number of aryl methyl sites for hydroxylation is 1. The van der Waals surface area contributed by atoms with Crippen LogP contribution < -0.4 is 5.32 Å². The first-order chi connectivity index (χ1) is 9.57. The first-order valence-corrected chi connectivity index (χ1v) is 7.60. The summed E-state index contributed by atoms with van der Waals surface area (Å²) in [5.74, 6) is 1.11. The van der Waals surface area contributed by atoms with Crippen molar-refractivity contribution in [3.05, 3.63) is 18.2 Å². The molecule has 0 aliphatic carbocycles. The second kappa shape index (κ2) is 6.70. The van der Waals surface area contributed by atoms with E-state index >= 15 is 0 Å². The van der Waals surface area contributed by atoms with Crippen LogP contribution in [-0.4, -0.2) is 52.8 Å².